The fraction of sp³-hybridized carbons (Fsp3) is 0.207. The number of methoxy groups -OCH3 is 1. The largest absolute Gasteiger partial charge is 0.496 e. The molecular weight excluding hydrogens is 472 g/mol. The summed E-state index contributed by atoms with van der Waals surface area (Å²) in [5.74, 6) is 0.595. The van der Waals surface area contributed by atoms with E-state index in [1.54, 1.807) is 55.7 Å². The van der Waals surface area contributed by atoms with Crippen LogP contribution in [0.5, 0.6) is 17.2 Å². The van der Waals surface area contributed by atoms with E-state index in [1.165, 1.54) is 11.0 Å². The van der Waals surface area contributed by atoms with E-state index in [1.807, 2.05) is 24.3 Å². The lowest BCUT2D eigenvalue weighted by Crippen LogP contribution is -2.36. The van der Waals surface area contributed by atoms with Crippen LogP contribution in [0.3, 0.4) is 0 Å². The molecule has 2 heterocycles. The first-order valence-corrected chi connectivity index (χ1v) is 12.0. The first-order valence-electron chi connectivity index (χ1n) is 12.0. The summed E-state index contributed by atoms with van der Waals surface area (Å²) in [5.41, 5.74) is 2.00. The molecule has 8 nitrogen and oxygen atoms in total. The summed E-state index contributed by atoms with van der Waals surface area (Å²) in [6, 6.07) is 19.2. The number of hydrogen-bond acceptors (Lipinski definition) is 6. The van der Waals surface area contributed by atoms with Crippen molar-refractivity contribution in [2.75, 3.05) is 25.6 Å². The van der Waals surface area contributed by atoms with Crippen LogP contribution in [0.2, 0.25) is 0 Å². The van der Waals surface area contributed by atoms with Gasteiger partial charge in [0.25, 0.3) is 11.8 Å². The van der Waals surface area contributed by atoms with Crippen molar-refractivity contribution in [1.29, 1.82) is 0 Å². The number of fused-ring (bicyclic) bond motifs is 1. The van der Waals surface area contributed by atoms with Crippen molar-refractivity contribution in [2.24, 2.45) is 0 Å². The predicted molar refractivity (Wildman–Crippen MR) is 138 cm³/mol. The van der Waals surface area contributed by atoms with Crippen LogP contribution in [-0.2, 0) is 9.53 Å². The Balaban J connectivity index is 1.25. The molecule has 5 rings (SSSR count). The highest BCUT2D eigenvalue weighted by molar-refractivity contribution is 6.21. The molecule has 2 aliphatic rings. The molecule has 1 atom stereocenters. The van der Waals surface area contributed by atoms with Crippen LogP contribution in [0.1, 0.15) is 39.1 Å². The summed E-state index contributed by atoms with van der Waals surface area (Å²) in [7, 11) is 1.58. The zero-order valence-corrected chi connectivity index (χ0v) is 20.3. The molecule has 0 spiro atoms. The minimum absolute atomic E-state index is 0.111. The van der Waals surface area contributed by atoms with E-state index in [0.29, 0.717) is 40.7 Å². The molecule has 8 heteroatoms. The summed E-state index contributed by atoms with van der Waals surface area (Å²) in [6.07, 6.45) is 4.77. The number of nitrogens with zero attached hydrogens (tertiary/aromatic N) is 1. The number of amides is 3. The van der Waals surface area contributed by atoms with Gasteiger partial charge in [-0.05, 0) is 55.3 Å². The van der Waals surface area contributed by atoms with Gasteiger partial charge in [-0.15, -0.1) is 0 Å². The second-order valence-corrected chi connectivity index (χ2v) is 8.76. The lowest BCUT2D eigenvalue weighted by molar-refractivity contribution is -0.111. The molecule has 2 aliphatic heterocycles. The van der Waals surface area contributed by atoms with Gasteiger partial charge in [0.2, 0.25) is 5.91 Å². The van der Waals surface area contributed by atoms with E-state index < -0.39 is 0 Å². The topological polar surface area (TPSA) is 94.2 Å². The Bertz CT molecular complexity index is 1380. The van der Waals surface area contributed by atoms with Crippen molar-refractivity contribution in [1.82, 2.24) is 4.90 Å². The Morgan fingerprint density at radius 2 is 1.84 bits per heavy atom. The quantitative estimate of drug-likeness (QED) is 0.350. The number of ether oxygens (including phenoxy) is 3. The molecule has 3 aromatic rings. The molecule has 3 amide bonds. The number of imide groups is 1. The molecule has 0 radical (unpaired) electrons. The highest BCUT2D eigenvalue weighted by Crippen LogP contribution is 2.31. The standard InChI is InChI=1S/C29H26N2O6/c1-35-26-10-3-2-6-19(26)11-14-27(32)30-20-7-4-8-21(16-20)37-22-12-13-24-25(17-22)29(34)31(28(24)33)18-23-9-5-15-36-23/h2-4,6-8,10-14,16-17,23H,5,9,15,18H2,1H3,(H,30,32)/b14-11+. The van der Waals surface area contributed by atoms with Gasteiger partial charge in [0.15, 0.2) is 0 Å². The third kappa shape index (κ3) is 5.39. The van der Waals surface area contributed by atoms with Crippen LogP contribution >= 0.6 is 0 Å². The highest BCUT2D eigenvalue weighted by Gasteiger charge is 2.37. The van der Waals surface area contributed by atoms with Crippen molar-refractivity contribution in [3.8, 4) is 17.2 Å². The summed E-state index contributed by atoms with van der Waals surface area (Å²) in [6.45, 7) is 0.916. The van der Waals surface area contributed by atoms with Crippen molar-refractivity contribution < 1.29 is 28.6 Å². The Kier molecular flexibility index (Phi) is 7.00. The van der Waals surface area contributed by atoms with Gasteiger partial charge in [-0.3, -0.25) is 19.3 Å². The van der Waals surface area contributed by atoms with Gasteiger partial charge >= 0.3 is 0 Å². The molecule has 1 N–H and O–H groups in total. The minimum Gasteiger partial charge on any atom is -0.496 e. The van der Waals surface area contributed by atoms with Crippen LogP contribution in [0.4, 0.5) is 5.69 Å². The van der Waals surface area contributed by atoms with Crippen LogP contribution in [0.15, 0.2) is 72.8 Å². The van der Waals surface area contributed by atoms with E-state index in [9.17, 15) is 14.4 Å². The maximum atomic E-state index is 12.9. The molecule has 1 unspecified atom stereocenters. The van der Waals surface area contributed by atoms with E-state index in [0.717, 1.165) is 18.4 Å². The average molecular weight is 499 g/mol. The maximum Gasteiger partial charge on any atom is 0.261 e. The molecule has 0 aliphatic carbocycles. The SMILES string of the molecule is COc1ccccc1/C=C/C(=O)Nc1cccc(Oc2ccc3c(c2)C(=O)N(CC2CCCO2)C3=O)c1. The lowest BCUT2D eigenvalue weighted by atomic mass is 10.1. The number of benzene rings is 3. The van der Waals surface area contributed by atoms with Gasteiger partial charge in [-0.25, -0.2) is 0 Å². The first kappa shape index (κ1) is 24.3. The lowest BCUT2D eigenvalue weighted by Gasteiger charge is -2.17. The summed E-state index contributed by atoms with van der Waals surface area (Å²) >= 11 is 0. The molecule has 1 fully saturated rings. The number of hydrogen-bond donors (Lipinski definition) is 1. The van der Waals surface area contributed by atoms with Crippen LogP contribution in [-0.4, -0.2) is 49.0 Å². The van der Waals surface area contributed by atoms with Gasteiger partial charge in [-0.2, -0.15) is 0 Å². The fourth-order valence-corrected chi connectivity index (χ4v) is 4.42. The summed E-state index contributed by atoms with van der Waals surface area (Å²) < 4.78 is 16.8. The van der Waals surface area contributed by atoms with E-state index in [-0.39, 0.29) is 30.4 Å². The molecule has 37 heavy (non-hydrogen) atoms. The van der Waals surface area contributed by atoms with E-state index in [4.69, 9.17) is 14.2 Å². The Labute approximate surface area is 214 Å². The Morgan fingerprint density at radius 1 is 1.03 bits per heavy atom. The van der Waals surface area contributed by atoms with E-state index in [2.05, 4.69) is 5.32 Å². The zero-order chi connectivity index (χ0) is 25.8. The van der Waals surface area contributed by atoms with Crippen molar-refractivity contribution in [2.45, 2.75) is 18.9 Å². The molecule has 1 saturated heterocycles. The molecular formula is C29H26N2O6. The monoisotopic (exact) mass is 498 g/mol. The van der Waals surface area contributed by atoms with Gasteiger partial charge in [0, 0.05) is 30.0 Å². The van der Waals surface area contributed by atoms with Crippen LogP contribution < -0.4 is 14.8 Å². The van der Waals surface area contributed by atoms with Crippen molar-refractivity contribution in [3.05, 3.63) is 89.5 Å². The fourth-order valence-electron chi connectivity index (χ4n) is 4.42. The third-order valence-electron chi connectivity index (χ3n) is 6.24. The number of carbonyl (C=O) groups excluding carboxylic acids is 3. The molecule has 0 aromatic heterocycles. The number of carbonyl (C=O) groups is 3. The van der Waals surface area contributed by atoms with Crippen molar-refractivity contribution in [3.63, 3.8) is 0 Å². The van der Waals surface area contributed by atoms with Crippen molar-refractivity contribution >= 4 is 29.5 Å². The third-order valence-corrected chi connectivity index (χ3v) is 6.24. The Hall–Kier alpha value is -4.43. The number of nitrogens with one attached hydrogen (secondary N) is 1. The normalized spacial score (nSPS) is 16.8. The molecule has 0 saturated carbocycles. The summed E-state index contributed by atoms with van der Waals surface area (Å²) in [5, 5.41) is 2.81. The number of rotatable bonds is 8. The first-order chi connectivity index (χ1) is 18.0. The molecule has 0 bridgehead atoms. The summed E-state index contributed by atoms with van der Waals surface area (Å²) in [4.78, 5) is 39.4. The minimum atomic E-state index is -0.344. The van der Waals surface area contributed by atoms with E-state index >= 15 is 0 Å². The van der Waals surface area contributed by atoms with Crippen LogP contribution in [0.25, 0.3) is 6.08 Å². The predicted octanol–water partition coefficient (Wildman–Crippen LogP) is 4.91. The smallest absolute Gasteiger partial charge is 0.261 e. The van der Waals surface area contributed by atoms with Gasteiger partial charge in [-0.1, -0.05) is 24.3 Å². The zero-order valence-electron chi connectivity index (χ0n) is 20.3. The Morgan fingerprint density at radius 3 is 2.65 bits per heavy atom. The number of anilines is 1. The molecule has 188 valence electrons. The van der Waals surface area contributed by atoms with Crippen LogP contribution in [0, 0.1) is 0 Å². The maximum absolute atomic E-state index is 12.9. The van der Waals surface area contributed by atoms with Gasteiger partial charge < -0.3 is 19.5 Å². The average Bonchev–Trinajstić information content (AvgIpc) is 3.51. The van der Waals surface area contributed by atoms with Gasteiger partial charge in [0.05, 0.1) is 30.9 Å². The highest BCUT2D eigenvalue weighted by atomic mass is 16.5. The number of para-hydroxylation sites is 1. The van der Waals surface area contributed by atoms with Gasteiger partial charge in [0.1, 0.15) is 17.2 Å². The second-order valence-electron chi connectivity index (χ2n) is 8.76. The second kappa shape index (κ2) is 10.7. The molecule has 3 aromatic carbocycles.